The van der Waals surface area contributed by atoms with Crippen molar-refractivity contribution in [1.29, 1.82) is 0 Å². The van der Waals surface area contributed by atoms with Gasteiger partial charge in [0, 0.05) is 48.4 Å². The predicted octanol–water partition coefficient (Wildman–Crippen LogP) is 4.34. The molecule has 186 valence electrons. The third-order valence-corrected chi connectivity index (χ3v) is 7.14. The molecule has 1 saturated heterocycles. The SMILES string of the molecule is Cc1c(N2CCC(NCC(C)(C)O)CC2)ncc2[nH]c(-c3cc(C)c4ncnn4c3)c(C(C)C)c12. The number of pyridine rings is 2. The molecule has 5 rings (SSSR count). The second-order valence-corrected chi connectivity index (χ2v) is 11.0. The molecule has 1 aliphatic heterocycles. The number of piperidine rings is 1. The van der Waals surface area contributed by atoms with E-state index in [0.717, 1.165) is 59.7 Å². The number of H-pyrrole nitrogens is 1. The first-order valence-corrected chi connectivity index (χ1v) is 12.6. The standard InChI is InChI=1S/C27H37N7O/c1-16(2)22-23-18(4)26(33-9-7-20(8-10-33)29-14-27(5,6)35)28-12-21(23)32-24(22)19-11-17(3)25-30-15-31-34(25)13-19/h11-13,15-16,20,29,32,35H,7-10,14H2,1-6H3. The monoisotopic (exact) mass is 475 g/mol. The zero-order chi connectivity index (χ0) is 24.9. The molecule has 8 heteroatoms. The van der Waals surface area contributed by atoms with Crippen molar-refractivity contribution in [3.8, 4) is 11.3 Å². The first kappa shape index (κ1) is 23.8. The van der Waals surface area contributed by atoms with Crippen LogP contribution >= 0.6 is 0 Å². The maximum absolute atomic E-state index is 10.0. The van der Waals surface area contributed by atoms with Gasteiger partial charge in [0.15, 0.2) is 5.65 Å². The van der Waals surface area contributed by atoms with Gasteiger partial charge in [0.25, 0.3) is 0 Å². The van der Waals surface area contributed by atoms with Gasteiger partial charge < -0.3 is 20.3 Å². The van der Waals surface area contributed by atoms with E-state index >= 15 is 0 Å². The van der Waals surface area contributed by atoms with Crippen LogP contribution in [-0.2, 0) is 0 Å². The Labute approximate surface area is 206 Å². The highest BCUT2D eigenvalue weighted by atomic mass is 16.3. The van der Waals surface area contributed by atoms with Gasteiger partial charge in [-0.3, -0.25) is 0 Å². The molecule has 3 N–H and O–H groups in total. The zero-order valence-electron chi connectivity index (χ0n) is 21.7. The zero-order valence-corrected chi connectivity index (χ0v) is 21.7. The van der Waals surface area contributed by atoms with Crippen molar-refractivity contribution in [3.05, 3.63) is 41.5 Å². The molecule has 0 radical (unpaired) electrons. The van der Waals surface area contributed by atoms with Gasteiger partial charge in [-0.1, -0.05) is 13.8 Å². The Kier molecular flexibility index (Phi) is 6.05. The molecule has 0 bridgehead atoms. The Bertz CT molecular complexity index is 1350. The summed E-state index contributed by atoms with van der Waals surface area (Å²) < 4.78 is 1.85. The van der Waals surface area contributed by atoms with E-state index in [2.05, 4.69) is 65.2 Å². The van der Waals surface area contributed by atoms with Gasteiger partial charge in [-0.2, -0.15) is 5.10 Å². The number of hydrogen-bond donors (Lipinski definition) is 3. The third-order valence-electron chi connectivity index (χ3n) is 7.14. The van der Waals surface area contributed by atoms with Crippen LogP contribution in [0.1, 0.15) is 63.1 Å². The van der Waals surface area contributed by atoms with E-state index in [1.807, 2.05) is 24.6 Å². The topological polar surface area (TPSA) is 94.4 Å². The molecule has 0 spiro atoms. The van der Waals surface area contributed by atoms with E-state index < -0.39 is 5.60 Å². The molecule has 0 aromatic carbocycles. The van der Waals surface area contributed by atoms with Gasteiger partial charge >= 0.3 is 0 Å². The number of rotatable bonds is 6. The van der Waals surface area contributed by atoms with Crippen LogP contribution in [0.3, 0.4) is 0 Å². The molecule has 0 aliphatic carbocycles. The lowest BCUT2D eigenvalue weighted by Gasteiger charge is -2.35. The summed E-state index contributed by atoms with van der Waals surface area (Å²) in [5.74, 6) is 1.42. The van der Waals surface area contributed by atoms with Crippen LogP contribution in [0.15, 0.2) is 24.8 Å². The molecule has 4 aromatic rings. The largest absolute Gasteiger partial charge is 0.389 e. The van der Waals surface area contributed by atoms with Gasteiger partial charge in [0.1, 0.15) is 12.1 Å². The van der Waals surface area contributed by atoms with Crippen molar-refractivity contribution in [2.24, 2.45) is 0 Å². The Morgan fingerprint density at radius 2 is 1.94 bits per heavy atom. The van der Waals surface area contributed by atoms with Gasteiger partial charge in [0.2, 0.25) is 0 Å². The summed E-state index contributed by atoms with van der Waals surface area (Å²) in [6.07, 6.45) is 7.74. The van der Waals surface area contributed by atoms with Gasteiger partial charge in [-0.25, -0.2) is 14.5 Å². The molecule has 5 heterocycles. The fraction of sp³-hybridized carbons (Fsp3) is 0.519. The maximum Gasteiger partial charge on any atom is 0.158 e. The van der Waals surface area contributed by atoms with Crippen LogP contribution in [0.2, 0.25) is 0 Å². The van der Waals surface area contributed by atoms with Crippen molar-refractivity contribution in [2.45, 2.75) is 71.9 Å². The fourth-order valence-electron chi connectivity index (χ4n) is 5.41. The normalized spacial score (nSPS) is 15.7. The molecule has 8 nitrogen and oxygen atoms in total. The van der Waals surface area contributed by atoms with E-state index in [1.165, 1.54) is 16.5 Å². The molecule has 0 unspecified atom stereocenters. The first-order valence-electron chi connectivity index (χ1n) is 12.6. The molecule has 4 aromatic heterocycles. The van der Waals surface area contributed by atoms with Gasteiger partial charge in [-0.15, -0.1) is 0 Å². The summed E-state index contributed by atoms with van der Waals surface area (Å²) in [6.45, 7) is 15.0. The Balaban J connectivity index is 1.49. The summed E-state index contributed by atoms with van der Waals surface area (Å²) in [5, 5.41) is 19.2. The van der Waals surface area contributed by atoms with E-state index in [0.29, 0.717) is 18.5 Å². The third kappa shape index (κ3) is 4.52. The van der Waals surface area contributed by atoms with Crippen molar-refractivity contribution in [2.75, 3.05) is 24.5 Å². The van der Waals surface area contributed by atoms with Crippen LogP contribution in [0.4, 0.5) is 5.82 Å². The summed E-state index contributed by atoms with van der Waals surface area (Å²) in [5.41, 5.74) is 7.17. The highest BCUT2D eigenvalue weighted by Gasteiger charge is 2.26. The summed E-state index contributed by atoms with van der Waals surface area (Å²) in [4.78, 5) is 15.4. The van der Waals surface area contributed by atoms with E-state index in [9.17, 15) is 5.11 Å². The molecule has 1 fully saturated rings. The molecule has 1 aliphatic rings. The lowest BCUT2D eigenvalue weighted by molar-refractivity contribution is 0.0752. The fourth-order valence-corrected chi connectivity index (χ4v) is 5.41. The summed E-state index contributed by atoms with van der Waals surface area (Å²) >= 11 is 0. The van der Waals surface area contributed by atoms with Crippen LogP contribution in [0, 0.1) is 13.8 Å². The molecule has 0 amide bonds. The first-order chi connectivity index (χ1) is 16.6. The lowest BCUT2D eigenvalue weighted by atomic mass is 9.94. The Morgan fingerprint density at radius 1 is 1.20 bits per heavy atom. The number of aryl methyl sites for hydroxylation is 2. The number of aliphatic hydroxyl groups is 1. The Morgan fingerprint density at radius 3 is 2.63 bits per heavy atom. The van der Waals surface area contributed by atoms with Crippen molar-refractivity contribution in [3.63, 3.8) is 0 Å². The van der Waals surface area contributed by atoms with Crippen LogP contribution < -0.4 is 10.2 Å². The number of aromatic nitrogens is 5. The average molecular weight is 476 g/mol. The van der Waals surface area contributed by atoms with Crippen molar-refractivity contribution < 1.29 is 5.11 Å². The van der Waals surface area contributed by atoms with Crippen LogP contribution in [-0.4, -0.2) is 60.9 Å². The smallest absolute Gasteiger partial charge is 0.158 e. The minimum absolute atomic E-state index is 0.344. The van der Waals surface area contributed by atoms with Crippen LogP contribution in [0.5, 0.6) is 0 Å². The van der Waals surface area contributed by atoms with Gasteiger partial charge in [-0.05, 0) is 63.6 Å². The summed E-state index contributed by atoms with van der Waals surface area (Å²) in [7, 11) is 0. The quantitative estimate of drug-likeness (QED) is 0.384. The van der Waals surface area contributed by atoms with Gasteiger partial charge in [0.05, 0.1) is 23.0 Å². The highest BCUT2D eigenvalue weighted by Crippen LogP contribution is 2.39. The molecular weight excluding hydrogens is 438 g/mol. The molecule has 0 saturated carbocycles. The number of aromatic amines is 1. The number of fused-ring (bicyclic) bond motifs is 2. The maximum atomic E-state index is 10.0. The molecular formula is C27H37N7O. The van der Waals surface area contributed by atoms with E-state index in [4.69, 9.17) is 4.98 Å². The number of nitrogens with zero attached hydrogens (tertiary/aromatic N) is 5. The van der Waals surface area contributed by atoms with E-state index in [-0.39, 0.29) is 0 Å². The average Bonchev–Trinajstić information content (AvgIpc) is 3.43. The number of hydrogen-bond acceptors (Lipinski definition) is 6. The van der Waals surface area contributed by atoms with E-state index in [1.54, 1.807) is 6.33 Å². The predicted molar refractivity (Wildman–Crippen MR) is 141 cm³/mol. The second-order valence-electron chi connectivity index (χ2n) is 11.0. The highest BCUT2D eigenvalue weighted by molar-refractivity contribution is 5.95. The minimum atomic E-state index is -0.684. The van der Waals surface area contributed by atoms with Crippen molar-refractivity contribution >= 4 is 22.4 Å². The van der Waals surface area contributed by atoms with Crippen LogP contribution in [0.25, 0.3) is 27.8 Å². The Hall–Kier alpha value is -2.97. The lowest BCUT2D eigenvalue weighted by Crippen LogP contribution is -2.47. The molecule has 35 heavy (non-hydrogen) atoms. The second kappa shape index (κ2) is 8.91. The van der Waals surface area contributed by atoms with Crippen molar-refractivity contribution in [1.82, 2.24) is 29.9 Å². The number of nitrogens with one attached hydrogen (secondary N) is 2. The summed E-state index contributed by atoms with van der Waals surface area (Å²) in [6, 6.07) is 2.62. The molecule has 0 atom stereocenters. The number of anilines is 1. The minimum Gasteiger partial charge on any atom is -0.389 e.